The predicted molar refractivity (Wildman–Crippen MR) is 48.7 cm³/mol. The molecular weight excluding hydrogens is 186 g/mol. The largest absolute Gasteiger partial charge is 0.368 e. The van der Waals surface area contributed by atoms with Crippen molar-refractivity contribution in [2.24, 2.45) is 0 Å². The molecule has 0 atom stereocenters. The smallest absolute Gasteiger partial charge is 0.357 e. The highest BCUT2D eigenvalue weighted by Gasteiger charge is 2.05. The number of rotatable bonds is 2. The topological polar surface area (TPSA) is 87.4 Å². The summed E-state index contributed by atoms with van der Waals surface area (Å²) in [4.78, 5) is 18.7. The Labute approximate surface area is 78.8 Å². The monoisotopic (exact) mass is 195 g/mol. The Kier molecular flexibility index (Phi) is 1.93. The summed E-state index contributed by atoms with van der Waals surface area (Å²) >= 11 is 0. The maximum atomic E-state index is 11.3. The third-order valence-electron chi connectivity index (χ3n) is 1.77. The molecule has 2 N–H and O–H groups in total. The van der Waals surface area contributed by atoms with E-state index in [1.54, 1.807) is 24.1 Å². The van der Waals surface area contributed by atoms with E-state index < -0.39 is 5.69 Å². The van der Waals surface area contributed by atoms with Crippen molar-refractivity contribution in [1.29, 1.82) is 0 Å². The summed E-state index contributed by atoms with van der Waals surface area (Å²) in [7, 11) is 1.55. The molecule has 0 saturated heterocycles. The highest BCUT2D eigenvalue weighted by molar-refractivity contribution is 5.33. The highest BCUT2D eigenvalue weighted by atomic mass is 16.5. The summed E-state index contributed by atoms with van der Waals surface area (Å²) in [6.45, 7) is 0.312. The summed E-state index contributed by atoms with van der Waals surface area (Å²) < 4.78 is 7.87. The molecule has 0 unspecified atom stereocenters. The Balaban J connectivity index is 2.72. The molecule has 0 radical (unpaired) electrons. The lowest BCUT2D eigenvalue weighted by Gasteiger charge is -2.01. The van der Waals surface area contributed by atoms with E-state index in [0.29, 0.717) is 12.5 Å². The number of imidazole rings is 1. The molecule has 0 aliphatic rings. The molecule has 74 valence electrons. The molecule has 2 rings (SSSR count). The first-order valence-corrected chi connectivity index (χ1v) is 3.92. The van der Waals surface area contributed by atoms with E-state index in [1.807, 2.05) is 0 Å². The van der Waals surface area contributed by atoms with Gasteiger partial charge in [0.1, 0.15) is 6.73 Å². The van der Waals surface area contributed by atoms with Crippen molar-refractivity contribution in [3.05, 3.63) is 22.9 Å². The van der Waals surface area contributed by atoms with Crippen molar-refractivity contribution < 1.29 is 4.74 Å². The van der Waals surface area contributed by atoms with Gasteiger partial charge in [0, 0.05) is 19.5 Å². The number of fused-ring (bicyclic) bond motifs is 1. The van der Waals surface area contributed by atoms with Crippen LogP contribution in [0.5, 0.6) is 0 Å². The van der Waals surface area contributed by atoms with Crippen LogP contribution < -0.4 is 11.4 Å². The van der Waals surface area contributed by atoms with Gasteiger partial charge in [-0.25, -0.2) is 9.20 Å². The maximum absolute atomic E-state index is 11.3. The second-order valence-corrected chi connectivity index (χ2v) is 2.72. The van der Waals surface area contributed by atoms with Gasteiger partial charge in [-0.1, -0.05) is 0 Å². The lowest BCUT2D eigenvalue weighted by atomic mass is 10.8. The van der Waals surface area contributed by atoms with Crippen molar-refractivity contribution in [3.63, 3.8) is 0 Å². The minimum absolute atomic E-state index is 0.0361. The number of methoxy groups -OCH3 is 1. The third kappa shape index (κ3) is 1.23. The molecule has 0 aromatic carbocycles. The zero-order valence-electron chi connectivity index (χ0n) is 7.54. The van der Waals surface area contributed by atoms with Crippen molar-refractivity contribution in [2.75, 3.05) is 12.8 Å². The van der Waals surface area contributed by atoms with Crippen LogP contribution in [-0.2, 0) is 11.5 Å². The third-order valence-corrected chi connectivity index (χ3v) is 1.77. The molecule has 0 spiro atoms. The first kappa shape index (κ1) is 8.70. The summed E-state index contributed by atoms with van der Waals surface area (Å²) in [6.07, 6.45) is 3.24. The lowest BCUT2D eigenvalue weighted by Crippen LogP contribution is -2.19. The Hall–Kier alpha value is -1.89. The minimum atomic E-state index is -0.442. The molecule has 7 nitrogen and oxygen atoms in total. The van der Waals surface area contributed by atoms with E-state index in [4.69, 9.17) is 10.5 Å². The fourth-order valence-electron chi connectivity index (χ4n) is 1.21. The van der Waals surface area contributed by atoms with Crippen molar-refractivity contribution in [1.82, 2.24) is 18.9 Å². The molecule has 14 heavy (non-hydrogen) atoms. The van der Waals surface area contributed by atoms with Gasteiger partial charge in [0.2, 0.25) is 11.7 Å². The molecule has 0 saturated carbocycles. The number of nitrogens with two attached hydrogens (primary N) is 1. The van der Waals surface area contributed by atoms with Crippen LogP contribution >= 0.6 is 0 Å². The Morgan fingerprint density at radius 2 is 2.29 bits per heavy atom. The van der Waals surface area contributed by atoms with Crippen molar-refractivity contribution in [3.8, 4) is 0 Å². The Morgan fingerprint density at radius 1 is 1.50 bits per heavy atom. The number of ether oxygens (including phenoxy) is 1. The van der Waals surface area contributed by atoms with Crippen LogP contribution in [0.2, 0.25) is 0 Å². The maximum Gasteiger partial charge on any atom is 0.357 e. The molecule has 2 heterocycles. The Morgan fingerprint density at radius 3 is 3.00 bits per heavy atom. The average Bonchev–Trinajstić information content (AvgIpc) is 2.49. The fourth-order valence-corrected chi connectivity index (χ4v) is 1.21. The van der Waals surface area contributed by atoms with Gasteiger partial charge in [-0.3, -0.25) is 4.57 Å². The Bertz CT molecular complexity index is 514. The number of nitrogen functional groups attached to an aromatic ring is 1. The molecule has 0 fully saturated rings. The SMILES string of the molecule is COCn1ccn2c(=O)nc(N)nc12. The van der Waals surface area contributed by atoms with Gasteiger partial charge in [0.05, 0.1) is 0 Å². The predicted octanol–water partition coefficient (Wildman–Crippen LogP) is -0.923. The quantitative estimate of drug-likeness (QED) is 0.669. The number of nitrogens with zero attached hydrogens (tertiary/aromatic N) is 4. The highest BCUT2D eigenvalue weighted by Crippen LogP contribution is 2.00. The van der Waals surface area contributed by atoms with Crippen molar-refractivity contribution >= 4 is 11.7 Å². The van der Waals surface area contributed by atoms with Gasteiger partial charge in [-0.15, -0.1) is 0 Å². The van der Waals surface area contributed by atoms with E-state index in [0.717, 1.165) is 0 Å². The van der Waals surface area contributed by atoms with Gasteiger partial charge in [-0.05, 0) is 0 Å². The van der Waals surface area contributed by atoms with Gasteiger partial charge >= 0.3 is 5.69 Å². The minimum Gasteiger partial charge on any atom is -0.368 e. The number of hydrogen-bond acceptors (Lipinski definition) is 5. The summed E-state index contributed by atoms with van der Waals surface area (Å²) in [6, 6.07) is 0. The van der Waals surface area contributed by atoms with Crippen LogP contribution in [0.25, 0.3) is 5.78 Å². The molecular formula is C7H9N5O2. The fraction of sp³-hybridized carbons (Fsp3) is 0.286. The van der Waals surface area contributed by atoms with Crippen molar-refractivity contribution in [2.45, 2.75) is 6.73 Å². The summed E-state index contributed by atoms with van der Waals surface area (Å²) in [5.74, 6) is 0.385. The van der Waals surface area contributed by atoms with Crippen LogP contribution in [0.4, 0.5) is 5.95 Å². The second kappa shape index (κ2) is 3.11. The van der Waals surface area contributed by atoms with Crippen LogP contribution in [0.3, 0.4) is 0 Å². The molecule has 2 aromatic rings. The zero-order valence-corrected chi connectivity index (χ0v) is 7.54. The summed E-state index contributed by atoms with van der Waals surface area (Å²) in [5.41, 5.74) is 4.92. The van der Waals surface area contributed by atoms with E-state index in [2.05, 4.69) is 9.97 Å². The number of hydrogen-bond donors (Lipinski definition) is 1. The van der Waals surface area contributed by atoms with Gasteiger partial charge in [0.15, 0.2) is 0 Å². The molecule has 0 bridgehead atoms. The van der Waals surface area contributed by atoms with Crippen LogP contribution in [-0.4, -0.2) is 26.0 Å². The first-order valence-electron chi connectivity index (χ1n) is 3.92. The molecule has 2 aromatic heterocycles. The van der Waals surface area contributed by atoms with Crippen LogP contribution in [0, 0.1) is 0 Å². The second-order valence-electron chi connectivity index (χ2n) is 2.72. The zero-order chi connectivity index (χ0) is 10.1. The molecule has 0 aliphatic carbocycles. The van der Waals surface area contributed by atoms with E-state index in [9.17, 15) is 4.79 Å². The van der Waals surface area contributed by atoms with Crippen LogP contribution in [0.15, 0.2) is 17.2 Å². The van der Waals surface area contributed by atoms with Gasteiger partial charge in [-0.2, -0.15) is 9.97 Å². The average molecular weight is 195 g/mol. The summed E-state index contributed by atoms with van der Waals surface area (Å²) in [5, 5.41) is 0. The van der Waals surface area contributed by atoms with Crippen LogP contribution in [0.1, 0.15) is 0 Å². The molecule has 0 amide bonds. The van der Waals surface area contributed by atoms with E-state index >= 15 is 0 Å². The number of aromatic nitrogens is 4. The molecule has 7 heteroatoms. The van der Waals surface area contributed by atoms with E-state index in [1.165, 1.54) is 4.40 Å². The standard InChI is InChI=1S/C7H9N5O2/c1-14-4-11-2-3-12-6(11)9-5(8)10-7(12)13/h2-3H,4H2,1H3,(H2,8,10,13). The van der Waals surface area contributed by atoms with E-state index in [-0.39, 0.29) is 5.95 Å². The van der Waals surface area contributed by atoms with Gasteiger partial charge < -0.3 is 10.5 Å². The van der Waals surface area contributed by atoms with Gasteiger partial charge in [0.25, 0.3) is 0 Å². The molecule has 0 aliphatic heterocycles. The lowest BCUT2D eigenvalue weighted by molar-refractivity contribution is 0.134. The first-order chi connectivity index (χ1) is 6.72. The number of anilines is 1. The normalized spacial score (nSPS) is 10.9.